The topological polar surface area (TPSA) is 20.3 Å². The van der Waals surface area contributed by atoms with Crippen LogP contribution in [0.4, 0.5) is 0 Å². The second-order valence-electron chi connectivity index (χ2n) is 6.29. The van der Waals surface area contributed by atoms with E-state index in [4.69, 9.17) is 0 Å². The molecule has 0 aliphatic carbocycles. The summed E-state index contributed by atoms with van der Waals surface area (Å²) in [5.74, 6) is 1.00. The van der Waals surface area contributed by atoms with Gasteiger partial charge in [-0.25, -0.2) is 0 Å². The smallest absolute Gasteiger partial charge is 0.130 e. The monoisotopic (exact) mass is 257 g/mol. The van der Waals surface area contributed by atoms with E-state index in [0.717, 1.165) is 13.0 Å². The first kappa shape index (κ1) is 12.9. The summed E-state index contributed by atoms with van der Waals surface area (Å²) in [6.45, 7) is 2.82. The highest BCUT2D eigenvalue weighted by atomic mass is 16.1. The first-order valence-electron chi connectivity index (χ1n) is 7.51. The Morgan fingerprint density at radius 2 is 1.79 bits per heavy atom. The fourth-order valence-corrected chi connectivity index (χ4v) is 4.01. The van der Waals surface area contributed by atoms with Crippen LogP contribution in [-0.2, 0) is 11.3 Å². The second-order valence-corrected chi connectivity index (χ2v) is 6.29. The number of carbonyl (C=O) groups excluding carboxylic acids is 1. The molecule has 2 heteroatoms. The molecule has 0 amide bonds. The van der Waals surface area contributed by atoms with Crippen LogP contribution in [0.1, 0.15) is 44.6 Å². The van der Waals surface area contributed by atoms with Crippen molar-refractivity contribution in [2.75, 3.05) is 0 Å². The van der Waals surface area contributed by atoms with Crippen molar-refractivity contribution in [3.8, 4) is 0 Å². The van der Waals surface area contributed by atoms with Crippen LogP contribution in [0.5, 0.6) is 0 Å². The Balaban J connectivity index is 1.65. The maximum absolute atomic E-state index is 11.3. The molecule has 0 radical (unpaired) electrons. The number of Topliss-reactive ketones (excluding diaryl/α,β-unsaturated/α-hetero) is 1. The number of ketones is 1. The molecule has 0 aromatic heterocycles. The zero-order valence-corrected chi connectivity index (χ0v) is 11.7. The Labute approximate surface area is 115 Å². The molecule has 2 aliphatic heterocycles. The summed E-state index contributed by atoms with van der Waals surface area (Å²) in [5, 5.41) is 0. The second kappa shape index (κ2) is 5.46. The van der Waals surface area contributed by atoms with E-state index >= 15 is 0 Å². The third-order valence-corrected chi connectivity index (χ3v) is 4.77. The van der Waals surface area contributed by atoms with Gasteiger partial charge in [0.1, 0.15) is 5.78 Å². The number of carbonyl (C=O) groups is 1. The summed E-state index contributed by atoms with van der Waals surface area (Å²) in [6, 6.07) is 12.2. The first-order chi connectivity index (χ1) is 9.22. The maximum Gasteiger partial charge on any atom is 0.130 e. The maximum atomic E-state index is 11.3. The lowest BCUT2D eigenvalue weighted by Gasteiger charge is -2.38. The van der Waals surface area contributed by atoms with Gasteiger partial charge in [0.05, 0.1) is 0 Å². The normalized spacial score (nSPS) is 30.5. The van der Waals surface area contributed by atoms with E-state index in [2.05, 4.69) is 35.2 Å². The van der Waals surface area contributed by atoms with Crippen molar-refractivity contribution < 1.29 is 4.79 Å². The molecule has 0 saturated carbocycles. The molecule has 0 N–H and O–H groups in total. The summed E-state index contributed by atoms with van der Waals surface area (Å²) in [6.07, 6.45) is 5.90. The molecule has 102 valence electrons. The minimum absolute atomic E-state index is 0.362. The average molecular weight is 257 g/mol. The lowest BCUT2D eigenvalue weighted by molar-refractivity contribution is -0.118. The van der Waals surface area contributed by atoms with Crippen molar-refractivity contribution in [2.24, 2.45) is 5.92 Å². The molecule has 2 heterocycles. The van der Waals surface area contributed by atoms with Crippen LogP contribution >= 0.6 is 0 Å². The summed E-state index contributed by atoms with van der Waals surface area (Å²) < 4.78 is 0. The molecule has 2 nitrogen and oxygen atoms in total. The predicted octanol–water partition coefficient (Wildman–Crippen LogP) is 3.41. The van der Waals surface area contributed by atoms with Gasteiger partial charge in [-0.3, -0.25) is 4.90 Å². The lowest BCUT2D eigenvalue weighted by Crippen LogP contribution is -2.42. The Kier molecular flexibility index (Phi) is 3.69. The predicted molar refractivity (Wildman–Crippen MR) is 76.8 cm³/mol. The third-order valence-electron chi connectivity index (χ3n) is 4.77. The lowest BCUT2D eigenvalue weighted by atomic mass is 9.87. The molecule has 2 aliphatic rings. The quantitative estimate of drug-likeness (QED) is 0.824. The number of fused-ring (bicyclic) bond motifs is 2. The van der Waals surface area contributed by atoms with E-state index in [9.17, 15) is 4.79 Å². The van der Waals surface area contributed by atoms with Gasteiger partial charge >= 0.3 is 0 Å². The van der Waals surface area contributed by atoms with Crippen molar-refractivity contribution in [2.45, 2.75) is 57.7 Å². The van der Waals surface area contributed by atoms with Crippen LogP contribution < -0.4 is 0 Å². The highest BCUT2D eigenvalue weighted by Gasteiger charge is 2.40. The Morgan fingerprint density at radius 3 is 2.37 bits per heavy atom. The van der Waals surface area contributed by atoms with Gasteiger partial charge < -0.3 is 4.79 Å². The van der Waals surface area contributed by atoms with Crippen molar-refractivity contribution >= 4 is 5.78 Å². The molecule has 19 heavy (non-hydrogen) atoms. The summed E-state index contributed by atoms with van der Waals surface area (Å²) >= 11 is 0. The first-order valence-corrected chi connectivity index (χ1v) is 7.51. The van der Waals surface area contributed by atoms with Crippen LogP contribution in [0.25, 0.3) is 0 Å². The van der Waals surface area contributed by atoms with Gasteiger partial charge in [-0.2, -0.15) is 0 Å². The number of piperidine rings is 1. The summed E-state index contributed by atoms with van der Waals surface area (Å²) in [7, 11) is 0. The number of nitrogens with zero attached hydrogens (tertiary/aromatic N) is 1. The molecular formula is C17H23NO. The standard InChI is InChI=1S/C17H23NO/c1-13(19)9-15-10-16-7-8-17(11-15)18(16)12-14-5-3-2-4-6-14/h2-6,15-17H,7-12H2,1H3. The molecule has 1 aromatic carbocycles. The highest BCUT2D eigenvalue weighted by molar-refractivity contribution is 5.75. The molecule has 3 rings (SSSR count). The van der Waals surface area contributed by atoms with Crippen LogP contribution in [0, 0.1) is 5.92 Å². The zero-order chi connectivity index (χ0) is 13.2. The van der Waals surface area contributed by atoms with Gasteiger partial charge in [-0.05, 0) is 44.1 Å². The van der Waals surface area contributed by atoms with E-state index in [0.29, 0.717) is 23.8 Å². The number of benzene rings is 1. The molecule has 2 bridgehead atoms. The van der Waals surface area contributed by atoms with Crippen molar-refractivity contribution in [3.05, 3.63) is 35.9 Å². The fraction of sp³-hybridized carbons (Fsp3) is 0.588. The fourth-order valence-electron chi connectivity index (χ4n) is 4.01. The Morgan fingerprint density at radius 1 is 1.16 bits per heavy atom. The van der Waals surface area contributed by atoms with E-state index in [1.54, 1.807) is 6.92 Å². The molecule has 2 saturated heterocycles. The van der Waals surface area contributed by atoms with Crippen LogP contribution in [0.2, 0.25) is 0 Å². The molecule has 1 aromatic rings. The zero-order valence-electron chi connectivity index (χ0n) is 11.7. The van der Waals surface area contributed by atoms with Crippen molar-refractivity contribution in [3.63, 3.8) is 0 Å². The minimum Gasteiger partial charge on any atom is -0.300 e. The number of hydrogen-bond acceptors (Lipinski definition) is 2. The van der Waals surface area contributed by atoms with E-state index in [1.165, 1.54) is 31.2 Å². The molecular weight excluding hydrogens is 234 g/mol. The minimum atomic E-state index is 0.362. The number of rotatable bonds is 4. The van der Waals surface area contributed by atoms with Gasteiger partial charge in [0.15, 0.2) is 0 Å². The average Bonchev–Trinajstić information content (AvgIpc) is 2.62. The van der Waals surface area contributed by atoms with Gasteiger partial charge in [-0.1, -0.05) is 30.3 Å². The van der Waals surface area contributed by atoms with Gasteiger partial charge in [-0.15, -0.1) is 0 Å². The van der Waals surface area contributed by atoms with Crippen molar-refractivity contribution in [1.82, 2.24) is 4.90 Å². The number of hydrogen-bond donors (Lipinski definition) is 0. The van der Waals surface area contributed by atoms with Crippen LogP contribution in [0.3, 0.4) is 0 Å². The Bertz CT molecular complexity index is 428. The molecule has 2 unspecified atom stereocenters. The third kappa shape index (κ3) is 2.89. The van der Waals surface area contributed by atoms with Gasteiger partial charge in [0, 0.05) is 25.0 Å². The SMILES string of the molecule is CC(=O)CC1CC2CCC(C1)N2Cc1ccccc1. The van der Waals surface area contributed by atoms with Gasteiger partial charge in [0.25, 0.3) is 0 Å². The van der Waals surface area contributed by atoms with E-state index in [1.807, 2.05) is 0 Å². The van der Waals surface area contributed by atoms with Crippen LogP contribution in [-0.4, -0.2) is 22.8 Å². The summed E-state index contributed by atoms with van der Waals surface area (Å²) in [5.41, 5.74) is 1.42. The van der Waals surface area contributed by atoms with E-state index < -0.39 is 0 Å². The molecule has 2 atom stereocenters. The van der Waals surface area contributed by atoms with Gasteiger partial charge in [0.2, 0.25) is 0 Å². The summed E-state index contributed by atoms with van der Waals surface area (Å²) in [4.78, 5) is 14.0. The van der Waals surface area contributed by atoms with Crippen LogP contribution in [0.15, 0.2) is 30.3 Å². The Hall–Kier alpha value is -1.15. The highest BCUT2D eigenvalue weighted by Crippen LogP contribution is 2.40. The largest absolute Gasteiger partial charge is 0.300 e. The molecule has 2 fully saturated rings. The molecule has 0 spiro atoms. The van der Waals surface area contributed by atoms with E-state index in [-0.39, 0.29) is 0 Å². The van der Waals surface area contributed by atoms with Crippen molar-refractivity contribution in [1.29, 1.82) is 0 Å².